The molecule has 2 nitrogen and oxygen atoms in total. The molecular formula is C71H58N2. The number of hydrogen-bond acceptors (Lipinski definition) is 1. The van der Waals surface area contributed by atoms with Gasteiger partial charge >= 0.3 is 0 Å². The minimum atomic E-state index is -0.203. The minimum Gasteiger partial charge on any atom is -0.345 e. The smallest absolute Gasteiger partial charge is 0.0710 e. The third-order valence-corrected chi connectivity index (χ3v) is 14.9. The number of benzene rings is 10. The fourth-order valence-electron chi connectivity index (χ4n) is 11.5. The molecule has 0 aliphatic heterocycles. The number of nitrogens with zero attached hydrogens (tertiary/aromatic N) is 2. The van der Waals surface area contributed by atoms with Crippen LogP contribution in [0, 0.1) is 0 Å². The average Bonchev–Trinajstić information content (AvgIpc) is 3.93. The first-order chi connectivity index (χ1) is 36.0. The normalized spacial score (nSPS) is 13.1. The van der Waals surface area contributed by atoms with Gasteiger partial charge in [0, 0.05) is 41.8 Å². The molecule has 0 fully saturated rings. The van der Waals surface area contributed by atoms with Gasteiger partial charge in [-0.05, 0) is 133 Å². The summed E-state index contributed by atoms with van der Waals surface area (Å²) in [4.78, 5) is 2.22. The molecule has 0 unspecified atom stereocenters. The first-order valence-electron chi connectivity index (χ1n) is 25.3. The molecular weight excluding hydrogens is 881 g/mol. The molecule has 0 spiro atoms. The number of allylic oxidation sites excluding steroid dienone is 4. The molecule has 352 valence electrons. The summed E-state index contributed by atoms with van der Waals surface area (Å²) >= 11 is 0. The SMILES string of the molecule is C1=CC2=C(CC1)c1ccccc1C2(c1ccccc1)c1ccccc1.C=Cc1c(-c2ccccc2-c2cccc(N(C)c3ccccc3)c2)cc2c(c1C=C)c1cc3ccccc3cc1n2C.c1ccccc1. The molecule has 0 bridgehead atoms. The third-order valence-electron chi connectivity index (χ3n) is 14.9. The number of para-hydroxylation sites is 1. The predicted octanol–water partition coefficient (Wildman–Crippen LogP) is 18.7. The number of rotatable bonds is 8. The van der Waals surface area contributed by atoms with E-state index < -0.39 is 0 Å². The number of aromatic nitrogens is 1. The van der Waals surface area contributed by atoms with Crippen LogP contribution < -0.4 is 4.90 Å². The first kappa shape index (κ1) is 46.4. The van der Waals surface area contributed by atoms with Crippen LogP contribution in [0.2, 0.25) is 0 Å². The highest BCUT2D eigenvalue weighted by atomic mass is 15.1. The van der Waals surface area contributed by atoms with Crippen molar-refractivity contribution in [3.63, 3.8) is 0 Å². The standard InChI is InChI=1S/C40H32N2.C25H20.C6H6/c1-5-32-33(6-2)40-37-24-27-15-10-11-16-28(27)25-38(37)42(4)39(40)26-36(32)35-22-13-12-21-34(35)29-17-14-20-31(23-29)41(3)30-18-8-7-9-19-30;1-3-11-19(12-4-1)25(20-13-5-2-6-14-20)23-17-9-7-15-21(23)22-16-8-10-18-24(22)25;1-2-4-6-5-3-1/h5-26H,1-2H2,3-4H3;1-7,9-15,17-18H,8,16H2;1-6H. The number of anilines is 2. The summed E-state index contributed by atoms with van der Waals surface area (Å²) in [5.41, 5.74) is 19.9. The maximum atomic E-state index is 4.28. The van der Waals surface area contributed by atoms with Gasteiger partial charge in [-0.2, -0.15) is 0 Å². The van der Waals surface area contributed by atoms with Gasteiger partial charge in [0.15, 0.2) is 0 Å². The van der Waals surface area contributed by atoms with Gasteiger partial charge in [0.25, 0.3) is 0 Å². The maximum absolute atomic E-state index is 4.28. The molecule has 73 heavy (non-hydrogen) atoms. The quantitative estimate of drug-likeness (QED) is 0.147. The van der Waals surface area contributed by atoms with E-state index in [1.54, 1.807) is 0 Å². The second-order valence-electron chi connectivity index (χ2n) is 18.8. The maximum Gasteiger partial charge on any atom is 0.0710 e. The highest BCUT2D eigenvalue weighted by Crippen LogP contribution is 2.57. The van der Waals surface area contributed by atoms with Gasteiger partial charge < -0.3 is 9.47 Å². The molecule has 1 aromatic heterocycles. The van der Waals surface area contributed by atoms with Crippen molar-refractivity contribution in [2.45, 2.75) is 18.3 Å². The van der Waals surface area contributed by atoms with E-state index in [0.717, 1.165) is 40.9 Å². The molecule has 1 heterocycles. The van der Waals surface area contributed by atoms with Crippen LogP contribution in [0.5, 0.6) is 0 Å². The largest absolute Gasteiger partial charge is 0.345 e. The first-order valence-corrected chi connectivity index (χ1v) is 25.3. The molecule has 0 saturated carbocycles. The topological polar surface area (TPSA) is 8.17 Å². The van der Waals surface area contributed by atoms with Crippen LogP contribution in [0.3, 0.4) is 0 Å². The summed E-state index contributed by atoms with van der Waals surface area (Å²) in [6.45, 7) is 8.56. The van der Waals surface area contributed by atoms with E-state index in [1.165, 1.54) is 82.7 Å². The highest BCUT2D eigenvalue weighted by molar-refractivity contribution is 6.18. The van der Waals surface area contributed by atoms with Gasteiger partial charge in [-0.3, -0.25) is 0 Å². The molecule has 10 aromatic carbocycles. The van der Waals surface area contributed by atoms with E-state index in [4.69, 9.17) is 0 Å². The molecule has 13 rings (SSSR count). The Morgan fingerprint density at radius 2 is 1.01 bits per heavy atom. The summed E-state index contributed by atoms with van der Waals surface area (Å²) in [5, 5.41) is 4.94. The number of hydrogen-bond donors (Lipinski definition) is 0. The zero-order valence-corrected chi connectivity index (χ0v) is 41.6. The Bertz CT molecular complexity index is 3770. The van der Waals surface area contributed by atoms with Gasteiger partial charge in [-0.25, -0.2) is 0 Å². The fraction of sp³-hybridized carbons (Fsp3) is 0.0704. The molecule has 0 saturated heterocycles. The van der Waals surface area contributed by atoms with Crippen molar-refractivity contribution in [2.24, 2.45) is 7.05 Å². The van der Waals surface area contributed by atoms with E-state index in [2.05, 4.69) is 249 Å². The van der Waals surface area contributed by atoms with E-state index in [0.29, 0.717) is 0 Å². The lowest BCUT2D eigenvalue weighted by Gasteiger charge is -2.35. The Morgan fingerprint density at radius 1 is 0.479 bits per heavy atom. The monoisotopic (exact) mass is 938 g/mol. The van der Waals surface area contributed by atoms with Crippen LogP contribution in [-0.2, 0) is 12.5 Å². The van der Waals surface area contributed by atoms with Crippen LogP contribution in [0.4, 0.5) is 11.4 Å². The van der Waals surface area contributed by atoms with E-state index in [9.17, 15) is 0 Å². The molecule has 11 aromatic rings. The fourth-order valence-corrected chi connectivity index (χ4v) is 11.5. The average molecular weight is 939 g/mol. The molecule has 0 atom stereocenters. The Balaban J connectivity index is 0.000000155. The van der Waals surface area contributed by atoms with Crippen molar-refractivity contribution in [3.8, 4) is 22.3 Å². The summed E-state index contributed by atoms with van der Waals surface area (Å²) in [7, 11) is 4.28. The molecule has 2 aliphatic rings. The summed E-state index contributed by atoms with van der Waals surface area (Å²) < 4.78 is 2.32. The molecule has 2 aliphatic carbocycles. The Morgan fingerprint density at radius 3 is 1.66 bits per heavy atom. The van der Waals surface area contributed by atoms with E-state index in [-0.39, 0.29) is 5.41 Å². The molecule has 0 radical (unpaired) electrons. The Hall–Kier alpha value is -8.98. The number of aryl methyl sites for hydroxylation is 1. The highest BCUT2D eigenvalue weighted by Gasteiger charge is 2.46. The third kappa shape index (κ3) is 8.41. The van der Waals surface area contributed by atoms with E-state index in [1.807, 2.05) is 54.6 Å². The van der Waals surface area contributed by atoms with Crippen LogP contribution in [0.25, 0.3) is 72.6 Å². The minimum absolute atomic E-state index is 0.203. The van der Waals surface area contributed by atoms with Crippen molar-refractivity contribution in [2.75, 3.05) is 11.9 Å². The number of fused-ring (bicyclic) bond motifs is 6. The van der Waals surface area contributed by atoms with E-state index >= 15 is 0 Å². The second-order valence-corrected chi connectivity index (χ2v) is 18.8. The van der Waals surface area contributed by atoms with Crippen LogP contribution in [0.15, 0.2) is 274 Å². The summed E-state index contributed by atoms with van der Waals surface area (Å²) in [6, 6.07) is 86.4. The Kier molecular flexibility index (Phi) is 13.0. The Labute approximate surface area is 430 Å². The molecule has 0 N–H and O–H groups in total. The van der Waals surface area contributed by atoms with Crippen molar-refractivity contribution in [1.29, 1.82) is 0 Å². The van der Waals surface area contributed by atoms with Crippen LogP contribution in [0.1, 0.15) is 46.2 Å². The predicted molar refractivity (Wildman–Crippen MR) is 314 cm³/mol. The molecule has 0 amide bonds. The second kappa shape index (κ2) is 20.4. The van der Waals surface area contributed by atoms with Crippen molar-refractivity contribution < 1.29 is 0 Å². The van der Waals surface area contributed by atoms with Gasteiger partial charge in [0.05, 0.1) is 10.9 Å². The van der Waals surface area contributed by atoms with Gasteiger partial charge in [-0.1, -0.05) is 238 Å². The van der Waals surface area contributed by atoms with Crippen LogP contribution in [-0.4, -0.2) is 11.6 Å². The lowest BCUT2D eigenvalue weighted by Crippen LogP contribution is -2.29. The zero-order valence-electron chi connectivity index (χ0n) is 41.6. The van der Waals surface area contributed by atoms with Crippen molar-refractivity contribution in [1.82, 2.24) is 4.57 Å². The van der Waals surface area contributed by atoms with Gasteiger partial charge in [0.2, 0.25) is 0 Å². The van der Waals surface area contributed by atoms with Gasteiger partial charge in [-0.15, -0.1) is 0 Å². The van der Waals surface area contributed by atoms with Crippen molar-refractivity contribution >= 4 is 61.7 Å². The molecule has 2 heteroatoms. The zero-order chi connectivity index (χ0) is 49.7. The summed E-state index contributed by atoms with van der Waals surface area (Å²) in [6.07, 6.45) is 11.0. The van der Waals surface area contributed by atoms with Crippen molar-refractivity contribution in [3.05, 3.63) is 307 Å². The van der Waals surface area contributed by atoms with Gasteiger partial charge in [0.1, 0.15) is 0 Å². The van der Waals surface area contributed by atoms with Crippen LogP contribution >= 0.6 is 0 Å². The lowest BCUT2D eigenvalue weighted by molar-refractivity contribution is 0.756. The summed E-state index contributed by atoms with van der Waals surface area (Å²) in [5.74, 6) is 0. The lowest BCUT2D eigenvalue weighted by atomic mass is 9.66.